The zero-order valence-electron chi connectivity index (χ0n) is 12.7. The van der Waals surface area contributed by atoms with E-state index < -0.39 is 6.10 Å². The van der Waals surface area contributed by atoms with Gasteiger partial charge in [-0.2, -0.15) is 0 Å². The number of rotatable bonds is 9. The zero-order valence-corrected chi connectivity index (χ0v) is 12.7. The molecule has 20 heavy (non-hydrogen) atoms. The molecule has 0 aliphatic rings. The summed E-state index contributed by atoms with van der Waals surface area (Å²) in [4.78, 5) is 0. The molecule has 1 rings (SSSR count). The van der Waals surface area contributed by atoms with Crippen LogP contribution in [-0.4, -0.2) is 42.1 Å². The second kappa shape index (κ2) is 8.95. The van der Waals surface area contributed by atoms with E-state index in [1.165, 1.54) is 5.56 Å². The average Bonchev–Trinajstić information content (AvgIpc) is 2.41. The maximum atomic E-state index is 9.89. The monoisotopic (exact) mass is 281 g/mol. The van der Waals surface area contributed by atoms with Gasteiger partial charge in [-0.15, -0.1) is 0 Å². The third-order valence-electron chi connectivity index (χ3n) is 3.26. The molecule has 3 N–H and O–H groups in total. The molecule has 0 aliphatic heterocycles. The van der Waals surface area contributed by atoms with Gasteiger partial charge in [0.15, 0.2) is 0 Å². The van der Waals surface area contributed by atoms with Crippen molar-refractivity contribution in [1.29, 1.82) is 0 Å². The Hall–Kier alpha value is -1.10. The Morgan fingerprint density at radius 1 is 1.30 bits per heavy atom. The third-order valence-corrected chi connectivity index (χ3v) is 3.26. The maximum absolute atomic E-state index is 9.89. The van der Waals surface area contributed by atoms with E-state index in [1.54, 1.807) is 0 Å². The number of aliphatic hydroxyl groups excluding tert-OH is 2. The fourth-order valence-electron chi connectivity index (χ4n) is 2.04. The second-order valence-electron chi connectivity index (χ2n) is 5.41. The molecule has 0 spiro atoms. The highest BCUT2D eigenvalue weighted by Crippen LogP contribution is 2.18. The van der Waals surface area contributed by atoms with Crippen molar-refractivity contribution in [3.8, 4) is 5.75 Å². The van der Waals surface area contributed by atoms with Gasteiger partial charge in [-0.1, -0.05) is 17.7 Å². The molecule has 114 valence electrons. The number of benzene rings is 1. The van der Waals surface area contributed by atoms with Gasteiger partial charge < -0.3 is 20.3 Å². The Labute approximate surface area is 121 Å². The molecule has 2 unspecified atom stereocenters. The van der Waals surface area contributed by atoms with E-state index in [2.05, 4.69) is 11.4 Å². The molecule has 0 saturated carbocycles. The summed E-state index contributed by atoms with van der Waals surface area (Å²) in [5.74, 6) is 0.822. The lowest BCUT2D eigenvalue weighted by molar-refractivity contribution is 0.103. The van der Waals surface area contributed by atoms with Gasteiger partial charge in [0.1, 0.15) is 18.5 Å². The molecule has 0 aromatic heterocycles. The lowest BCUT2D eigenvalue weighted by Gasteiger charge is -2.18. The van der Waals surface area contributed by atoms with Crippen LogP contribution in [0.3, 0.4) is 0 Å². The van der Waals surface area contributed by atoms with Gasteiger partial charge in [0.05, 0.1) is 0 Å². The van der Waals surface area contributed by atoms with Crippen LogP contribution in [0, 0.1) is 13.8 Å². The van der Waals surface area contributed by atoms with Crippen molar-refractivity contribution in [2.45, 2.75) is 45.8 Å². The molecule has 0 saturated heterocycles. The first-order valence-corrected chi connectivity index (χ1v) is 7.25. The summed E-state index contributed by atoms with van der Waals surface area (Å²) in [5.41, 5.74) is 2.29. The minimum atomic E-state index is -0.535. The summed E-state index contributed by atoms with van der Waals surface area (Å²) in [6.45, 7) is 7.09. The summed E-state index contributed by atoms with van der Waals surface area (Å²) >= 11 is 0. The van der Waals surface area contributed by atoms with E-state index in [0.29, 0.717) is 6.54 Å². The molecule has 4 nitrogen and oxygen atoms in total. The molecule has 0 fully saturated rings. The van der Waals surface area contributed by atoms with Crippen LogP contribution >= 0.6 is 0 Å². The van der Waals surface area contributed by atoms with Crippen LogP contribution < -0.4 is 10.1 Å². The van der Waals surface area contributed by atoms with Crippen LogP contribution in [0.2, 0.25) is 0 Å². The van der Waals surface area contributed by atoms with Crippen LogP contribution in [0.4, 0.5) is 0 Å². The Kier molecular flexibility index (Phi) is 7.59. The Morgan fingerprint density at radius 3 is 2.70 bits per heavy atom. The Bertz CT molecular complexity index is 395. The molecule has 2 atom stereocenters. The number of hydrogen-bond acceptors (Lipinski definition) is 4. The number of ether oxygens (including phenoxy) is 1. The quantitative estimate of drug-likeness (QED) is 0.646. The van der Waals surface area contributed by atoms with Crippen molar-refractivity contribution in [2.24, 2.45) is 0 Å². The van der Waals surface area contributed by atoms with E-state index in [4.69, 9.17) is 9.84 Å². The second-order valence-corrected chi connectivity index (χ2v) is 5.41. The molecule has 1 aromatic carbocycles. The average molecular weight is 281 g/mol. The maximum Gasteiger partial charge on any atom is 0.122 e. The lowest BCUT2D eigenvalue weighted by Crippen LogP contribution is -2.36. The molecule has 0 aliphatic carbocycles. The molecule has 0 heterocycles. The van der Waals surface area contributed by atoms with Gasteiger partial charge in [0.2, 0.25) is 0 Å². The van der Waals surface area contributed by atoms with Gasteiger partial charge in [-0.3, -0.25) is 0 Å². The largest absolute Gasteiger partial charge is 0.491 e. The fourth-order valence-corrected chi connectivity index (χ4v) is 2.04. The molecule has 0 bridgehead atoms. The number of aryl methyl sites for hydroxylation is 2. The van der Waals surface area contributed by atoms with Crippen molar-refractivity contribution in [3.63, 3.8) is 0 Å². The number of aliphatic hydroxyl groups is 2. The van der Waals surface area contributed by atoms with Gasteiger partial charge in [0.25, 0.3) is 0 Å². The summed E-state index contributed by atoms with van der Waals surface area (Å²) in [7, 11) is 0. The van der Waals surface area contributed by atoms with Crippen molar-refractivity contribution in [2.75, 3.05) is 19.8 Å². The van der Waals surface area contributed by atoms with Gasteiger partial charge in [0, 0.05) is 19.2 Å². The molecule has 1 aromatic rings. The van der Waals surface area contributed by atoms with E-state index in [-0.39, 0.29) is 19.3 Å². The summed E-state index contributed by atoms with van der Waals surface area (Å²) in [6, 6.07) is 6.30. The minimum absolute atomic E-state index is 0.213. The van der Waals surface area contributed by atoms with Crippen molar-refractivity contribution < 1.29 is 14.9 Å². The third kappa shape index (κ3) is 6.37. The van der Waals surface area contributed by atoms with Crippen LogP contribution in [-0.2, 0) is 0 Å². The van der Waals surface area contributed by atoms with Crippen LogP contribution in [0.1, 0.15) is 30.9 Å². The molecule has 0 amide bonds. The summed E-state index contributed by atoms with van der Waals surface area (Å²) in [5, 5.41) is 21.9. The predicted octanol–water partition coefficient (Wildman–Crippen LogP) is 1.79. The standard InChI is InChI=1S/C16H27NO3/c1-12-6-7-16(13(2)9-12)20-11-15(19)10-17-14(3)5-4-8-18/h6-7,9,14-15,17-19H,4-5,8,10-11H2,1-3H3. The molecular weight excluding hydrogens is 254 g/mol. The highest BCUT2D eigenvalue weighted by atomic mass is 16.5. The molecule has 4 heteroatoms. The van der Waals surface area contributed by atoms with Crippen LogP contribution in [0.15, 0.2) is 18.2 Å². The number of nitrogens with one attached hydrogen (secondary N) is 1. The summed E-state index contributed by atoms with van der Waals surface area (Å²) in [6.07, 6.45) is 1.15. The van der Waals surface area contributed by atoms with Crippen LogP contribution in [0.5, 0.6) is 5.75 Å². The van der Waals surface area contributed by atoms with Crippen molar-refractivity contribution >= 4 is 0 Å². The SMILES string of the molecule is Cc1ccc(OCC(O)CNC(C)CCCO)c(C)c1. The Morgan fingerprint density at radius 2 is 2.05 bits per heavy atom. The predicted molar refractivity (Wildman–Crippen MR) is 81.2 cm³/mol. The zero-order chi connectivity index (χ0) is 15.0. The van der Waals surface area contributed by atoms with Crippen molar-refractivity contribution in [1.82, 2.24) is 5.32 Å². The van der Waals surface area contributed by atoms with Crippen molar-refractivity contribution in [3.05, 3.63) is 29.3 Å². The van der Waals surface area contributed by atoms with E-state index in [1.807, 2.05) is 32.9 Å². The fraction of sp³-hybridized carbons (Fsp3) is 0.625. The highest BCUT2D eigenvalue weighted by Gasteiger charge is 2.09. The van der Waals surface area contributed by atoms with Gasteiger partial charge in [-0.25, -0.2) is 0 Å². The smallest absolute Gasteiger partial charge is 0.122 e. The van der Waals surface area contributed by atoms with Gasteiger partial charge in [-0.05, 0) is 45.2 Å². The molecular formula is C16H27NO3. The molecule has 0 radical (unpaired) electrons. The van der Waals surface area contributed by atoms with E-state index in [9.17, 15) is 5.11 Å². The first kappa shape index (κ1) is 17.0. The number of hydrogen-bond donors (Lipinski definition) is 3. The van der Waals surface area contributed by atoms with E-state index in [0.717, 1.165) is 24.2 Å². The van der Waals surface area contributed by atoms with Crippen LogP contribution in [0.25, 0.3) is 0 Å². The summed E-state index contributed by atoms with van der Waals surface area (Å²) < 4.78 is 5.64. The highest BCUT2D eigenvalue weighted by molar-refractivity contribution is 5.35. The lowest BCUT2D eigenvalue weighted by atomic mass is 10.1. The minimum Gasteiger partial charge on any atom is -0.491 e. The van der Waals surface area contributed by atoms with E-state index >= 15 is 0 Å². The van der Waals surface area contributed by atoms with Gasteiger partial charge >= 0.3 is 0 Å². The topological polar surface area (TPSA) is 61.7 Å². The normalized spacial score (nSPS) is 14.1. The first-order chi connectivity index (χ1) is 9.52. The Balaban J connectivity index is 2.27. The first-order valence-electron chi connectivity index (χ1n) is 7.25.